The predicted octanol–water partition coefficient (Wildman–Crippen LogP) is 3.19. The highest BCUT2D eigenvalue weighted by Gasteiger charge is 2.13. The normalized spacial score (nSPS) is 17.6. The number of benzene rings is 1. The fourth-order valence-corrected chi connectivity index (χ4v) is 2.10. The van der Waals surface area contributed by atoms with E-state index in [2.05, 4.69) is 40.2 Å². The van der Waals surface area contributed by atoms with Gasteiger partial charge in [-0.15, -0.1) is 0 Å². The van der Waals surface area contributed by atoms with Crippen molar-refractivity contribution in [3.05, 3.63) is 34.3 Å². The van der Waals surface area contributed by atoms with E-state index >= 15 is 0 Å². The molecule has 0 aliphatic carbocycles. The van der Waals surface area contributed by atoms with Crippen molar-refractivity contribution >= 4 is 15.9 Å². The third-order valence-electron chi connectivity index (χ3n) is 2.83. The number of hydrogen-bond donors (Lipinski definition) is 0. The highest BCUT2D eigenvalue weighted by Crippen LogP contribution is 2.13. The second-order valence-corrected chi connectivity index (χ2v) is 4.97. The maximum atomic E-state index is 5.83. The van der Waals surface area contributed by atoms with Crippen LogP contribution in [0.15, 0.2) is 28.7 Å². The van der Waals surface area contributed by atoms with Crippen LogP contribution in [0, 0.1) is 0 Å². The molecule has 1 aromatic rings. The first-order valence-corrected chi connectivity index (χ1v) is 6.58. The van der Waals surface area contributed by atoms with Gasteiger partial charge in [0.25, 0.3) is 0 Å². The minimum absolute atomic E-state index is 0.407. The predicted molar refractivity (Wildman–Crippen MR) is 67.6 cm³/mol. The third kappa shape index (κ3) is 3.89. The maximum Gasteiger partial charge on any atom is 0.0619 e. The van der Waals surface area contributed by atoms with Crippen LogP contribution in [-0.4, -0.2) is 25.9 Å². The van der Waals surface area contributed by atoms with Crippen molar-refractivity contribution in [3.63, 3.8) is 0 Å². The van der Waals surface area contributed by atoms with E-state index in [9.17, 15) is 0 Å². The molecule has 0 saturated carbocycles. The lowest BCUT2D eigenvalue weighted by atomic mass is 10.1. The minimum atomic E-state index is 0.407. The van der Waals surface area contributed by atoms with Crippen LogP contribution in [0.3, 0.4) is 0 Å². The lowest BCUT2D eigenvalue weighted by Crippen LogP contribution is -2.24. The van der Waals surface area contributed by atoms with E-state index in [1.54, 1.807) is 0 Å². The summed E-state index contributed by atoms with van der Waals surface area (Å²) in [5.41, 5.74) is 1.33. The molecule has 2 nitrogen and oxygen atoms in total. The van der Waals surface area contributed by atoms with E-state index in [1.807, 2.05) is 0 Å². The van der Waals surface area contributed by atoms with Gasteiger partial charge in [-0.05, 0) is 37.0 Å². The molecular formula is C13H17BrO2. The first-order chi connectivity index (χ1) is 7.84. The van der Waals surface area contributed by atoms with Crippen molar-refractivity contribution in [1.29, 1.82) is 0 Å². The van der Waals surface area contributed by atoms with Gasteiger partial charge in [-0.2, -0.15) is 0 Å². The van der Waals surface area contributed by atoms with Crippen LogP contribution in [0.25, 0.3) is 0 Å². The Hall–Kier alpha value is -0.380. The van der Waals surface area contributed by atoms with Crippen molar-refractivity contribution in [1.82, 2.24) is 0 Å². The largest absolute Gasteiger partial charge is 0.381 e. The maximum absolute atomic E-state index is 5.83. The van der Waals surface area contributed by atoms with Gasteiger partial charge >= 0.3 is 0 Å². The molecule has 1 aliphatic rings. The highest BCUT2D eigenvalue weighted by atomic mass is 79.9. The molecule has 1 aromatic carbocycles. The van der Waals surface area contributed by atoms with Gasteiger partial charge in [0.2, 0.25) is 0 Å². The van der Waals surface area contributed by atoms with Crippen LogP contribution in [0.5, 0.6) is 0 Å². The number of ether oxygens (including phenoxy) is 2. The van der Waals surface area contributed by atoms with Gasteiger partial charge in [0.05, 0.1) is 12.7 Å². The van der Waals surface area contributed by atoms with Crippen LogP contribution in [0.2, 0.25) is 0 Å². The van der Waals surface area contributed by atoms with Gasteiger partial charge in [0, 0.05) is 17.7 Å². The molecule has 88 valence electrons. The molecule has 3 heteroatoms. The monoisotopic (exact) mass is 284 g/mol. The molecule has 0 bridgehead atoms. The van der Waals surface area contributed by atoms with Crippen LogP contribution < -0.4 is 0 Å². The molecule has 0 aromatic heterocycles. The fraction of sp³-hybridized carbons (Fsp3) is 0.538. The topological polar surface area (TPSA) is 18.5 Å². The second-order valence-electron chi connectivity index (χ2n) is 4.06. The zero-order valence-electron chi connectivity index (χ0n) is 9.32. The smallest absolute Gasteiger partial charge is 0.0619 e. The molecule has 1 fully saturated rings. The Labute approximate surface area is 105 Å². The van der Waals surface area contributed by atoms with E-state index in [4.69, 9.17) is 9.47 Å². The Morgan fingerprint density at radius 3 is 2.56 bits per heavy atom. The summed E-state index contributed by atoms with van der Waals surface area (Å²) >= 11 is 3.43. The molecule has 0 N–H and O–H groups in total. The minimum Gasteiger partial charge on any atom is -0.381 e. The molecule has 0 unspecified atom stereocenters. The molecule has 0 radical (unpaired) electrons. The van der Waals surface area contributed by atoms with Crippen LogP contribution in [0.4, 0.5) is 0 Å². The quantitative estimate of drug-likeness (QED) is 0.846. The van der Waals surface area contributed by atoms with Crippen LogP contribution >= 0.6 is 15.9 Å². The molecule has 0 spiro atoms. The van der Waals surface area contributed by atoms with Gasteiger partial charge in [-0.25, -0.2) is 0 Å². The van der Waals surface area contributed by atoms with Crippen LogP contribution in [0.1, 0.15) is 18.4 Å². The Balaban J connectivity index is 1.69. The Morgan fingerprint density at radius 1 is 1.19 bits per heavy atom. The summed E-state index contributed by atoms with van der Waals surface area (Å²) in [7, 11) is 0. The first-order valence-electron chi connectivity index (χ1n) is 5.78. The molecule has 1 aliphatic heterocycles. The van der Waals surface area contributed by atoms with Crippen molar-refractivity contribution < 1.29 is 9.47 Å². The lowest BCUT2D eigenvalue weighted by molar-refractivity contribution is -0.0307. The van der Waals surface area contributed by atoms with Crippen molar-refractivity contribution in [2.75, 3.05) is 19.8 Å². The lowest BCUT2D eigenvalue weighted by Gasteiger charge is -2.22. The average molecular weight is 285 g/mol. The van der Waals surface area contributed by atoms with E-state index in [0.29, 0.717) is 6.10 Å². The molecule has 16 heavy (non-hydrogen) atoms. The molecule has 1 saturated heterocycles. The van der Waals surface area contributed by atoms with Gasteiger partial charge in [0.15, 0.2) is 0 Å². The number of halogens is 1. The number of rotatable bonds is 4. The first kappa shape index (κ1) is 12.1. The standard InChI is InChI=1S/C13H17BrO2/c14-12-3-1-11(2-4-12)5-10-16-13-6-8-15-9-7-13/h1-4,13H,5-10H2. The summed E-state index contributed by atoms with van der Waals surface area (Å²) in [6.45, 7) is 2.51. The van der Waals surface area contributed by atoms with Gasteiger partial charge < -0.3 is 9.47 Å². The van der Waals surface area contributed by atoms with Gasteiger partial charge in [0.1, 0.15) is 0 Å². The van der Waals surface area contributed by atoms with Gasteiger partial charge in [-0.1, -0.05) is 28.1 Å². The highest BCUT2D eigenvalue weighted by molar-refractivity contribution is 9.10. The Kier molecular flexibility index (Phi) is 4.82. The van der Waals surface area contributed by atoms with E-state index < -0.39 is 0 Å². The summed E-state index contributed by atoms with van der Waals surface area (Å²) in [4.78, 5) is 0. The summed E-state index contributed by atoms with van der Waals surface area (Å²) < 4.78 is 12.2. The van der Waals surface area contributed by atoms with Crippen LogP contribution in [-0.2, 0) is 15.9 Å². The zero-order valence-corrected chi connectivity index (χ0v) is 10.9. The van der Waals surface area contributed by atoms with Gasteiger partial charge in [-0.3, -0.25) is 0 Å². The molecule has 1 heterocycles. The summed E-state index contributed by atoms with van der Waals surface area (Å²) in [6.07, 6.45) is 3.48. The molecular weight excluding hydrogens is 268 g/mol. The zero-order chi connectivity index (χ0) is 11.2. The average Bonchev–Trinajstić information content (AvgIpc) is 2.33. The van der Waals surface area contributed by atoms with Crippen molar-refractivity contribution in [2.24, 2.45) is 0 Å². The molecule has 0 atom stereocenters. The third-order valence-corrected chi connectivity index (χ3v) is 3.35. The van der Waals surface area contributed by atoms with E-state index in [1.165, 1.54) is 5.56 Å². The Bertz CT molecular complexity index is 304. The van der Waals surface area contributed by atoms with Crippen molar-refractivity contribution in [3.8, 4) is 0 Å². The Morgan fingerprint density at radius 2 is 1.88 bits per heavy atom. The summed E-state index contributed by atoms with van der Waals surface area (Å²) in [5.74, 6) is 0. The number of hydrogen-bond acceptors (Lipinski definition) is 2. The summed E-state index contributed by atoms with van der Waals surface area (Å²) in [6, 6.07) is 8.42. The fourth-order valence-electron chi connectivity index (χ4n) is 1.84. The van der Waals surface area contributed by atoms with Crippen molar-refractivity contribution in [2.45, 2.75) is 25.4 Å². The SMILES string of the molecule is Brc1ccc(CCOC2CCOCC2)cc1. The van der Waals surface area contributed by atoms with E-state index in [0.717, 1.165) is 43.6 Å². The second kappa shape index (κ2) is 6.38. The molecule has 0 amide bonds. The molecule has 2 rings (SSSR count). The van der Waals surface area contributed by atoms with E-state index in [-0.39, 0.29) is 0 Å². The summed E-state index contributed by atoms with van der Waals surface area (Å²) in [5, 5.41) is 0.